The van der Waals surface area contributed by atoms with E-state index in [2.05, 4.69) is 22.5 Å². The summed E-state index contributed by atoms with van der Waals surface area (Å²) < 4.78 is 0. The van der Waals surface area contributed by atoms with Crippen LogP contribution in [0.3, 0.4) is 0 Å². The van der Waals surface area contributed by atoms with Gasteiger partial charge in [0.2, 0.25) is 0 Å². The first kappa shape index (κ1) is 12.3. The van der Waals surface area contributed by atoms with Gasteiger partial charge in [0.05, 0.1) is 0 Å². The van der Waals surface area contributed by atoms with Crippen LogP contribution in [0, 0.1) is 11.8 Å². The Morgan fingerprint density at radius 3 is 2.73 bits per heavy atom. The van der Waals surface area contributed by atoms with E-state index in [-0.39, 0.29) is 12.5 Å². The van der Waals surface area contributed by atoms with Gasteiger partial charge in [0.15, 0.2) is 5.96 Å². The van der Waals surface area contributed by atoms with Gasteiger partial charge in [-0.15, -0.1) is 0 Å². The predicted octanol–water partition coefficient (Wildman–Crippen LogP) is 0.580. The molecule has 0 spiro atoms. The van der Waals surface area contributed by atoms with Gasteiger partial charge in [0, 0.05) is 26.2 Å². The second-order valence-electron chi connectivity index (χ2n) is 4.33. The van der Waals surface area contributed by atoms with Gasteiger partial charge in [0.25, 0.3) is 0 Å². The molecule has 1 atom stereocenters. The Morgan fingerprint density at radius 1 is 1.47 bits per heavy atom. The maximum atomic E-state index is 8.90. The zero-order valence-corrected chi connectivity index (χ0v) is 9.79. The van der Waals surface area contributed by atoms with Crippen molar-refractivity contribution in [1.29, 1.82) is 0 Å². The molecular formula is C11H23N3O. The van der Waals surface area contributed by atoms with Gasteiger partial charge in [-0.05, 0) is 31.6 Å². The molecule has 0 aliphatic heterocycles. The molecule has 15 heavy (non-hydrogen) atoms. The standard InChI is InChI=1S/C11H23N3O/c1-3-12-11(13-6-9(2)8-15)14-7-10-4-5-10/h9-10,15H,3-8H2,1-2H3,(H2,12,13,14). The highest BCUT2D eigenvalue weighted by atomic mass is 16.3. The van der Waals surface area contributed by atoms with Crippen LogP contribution in [0.4, 0.5) is 0 Å². The van der Waals surface area contributed by atoms with Crippen LogP contribution in [0.25, 0.3) is 0 Å². The summed E-state index contributed by atoms with van der Waals surface area (Å²) in [7, 11) is 0. The van der Waals surface area contributed by atoms with E-state index in [1.165, 1.54) is 12.8 Å². The molecule has 0 radical (unpaired) electrons. The Labute approximate surface area is 92.2 Å². The molecule has 0 amide bonds. The number of hydrogen-bond acceptors (Lipinski definition) is 2. The summed E-state index contributed by atoms with van der Waals surface area (Å²) in [6, 6.07) is 0. The molecule has 88 valence electrons. The van der Waals surface area contributed by atoms with E-state index in [1.807, 2.05) is 6.92 Å². The first-order valence-electron chi connectivity index (χ1n) is 5.89. The van der Waals surface area contributed by atoms with E-state index in [9.17, 15) is 0 Å². The summed E-state index contributed by atoms with van der Waals surface area (Å²) in [6.07, 6.45) is 2.69. The average molecular weight is 213 g/mol. The molecule has 3 N–H and O–H groups in total. The molecule has 1 aliphatic rings. The molecule has 0 aromatic heterocycles. The molecule has 1 fully saturated rings. The van der Waals surface area contributed by atoms with Gasteiger partial charge in [-0.2, -0.15) is 0 Å². The molecular weight excluding hydrogens is 190 g/mol. The largest absolute Gasteiger partial charge is 0.396 e. The minimum Gasteiger partial charge on any atom is -0.396 e. The lowest BCUT2D eigenvalue weighted by molar-refractivity contribution is 0.241. The summed E-state index contributed by atoms with van der Waals surface area (Å²) in [4.78, 5) is 4.42. The number of aliphatic imine (C=N–C) groups is 1. The monoisotopic (exact) mass is 213 g/mol. The number of nitrogens with zero attached hydrogens (tertiary/aromatic N) is 1. The minimum absolute atomic E-state index is 0.200. The van der Waals surface area contributed by atoms with Crippen LogP contribution in [-0.4, -0.2) is 37.3 Å². The average Bonchev–Trinajstić information content (AvgIpc) is 3.05. The Morgan fingerprint density at radius 2 is 2.20 bits per heavy atom. The molecule has 0 bridgehead atoms. The van der Waals surface area contributed by atoms with Crippen LogP contribution >= 0.6 is 0 Å². The minimum atomic E-state index is 0.200. The first-order chi connectivity index (χ1) is 7.26. The third kappa shape index (κ3) is 5.62. The van der Waals surface area contributed by atoms with E-state index < -0.39 is 0 Å². The highest BCUT2D eigenvalue weighted by molar-refractivity contribution is 5.79. The highest BCUT2D eigenvalue weighted by Gasteiger charge is 2.20. The summed E-state index contributed by atoms with van der Waals surface area (Å²) in [5.74, 6) is 1.97. The third-order valence-corrected chi connectivity index (χ3v) is 2.47. The van der Waals surface area contributed by atoms with Crippen LogP contribution in [0.1, 0.15) is 26.7 Å². The lowest BCUT2D eigenvalue weighted by Gasteiger charge is -2.11. The van der Waals surface area contributed by atoms with E-state index in [4.69, 9.17) is 5.11 Å². The summed E-state index contributed by atoms with van der Waals surface area (Å²) in [5, 5.41) is 15.4. The van der Waals surface area contributed by atoms with Crippen molar-refractivity contribution in [3.05, 3.63) is 0 Å². The predicted molar refractivity (Wildman–Crippen MR) is 63.0 cm³/mol. The van der Waals surface area contributed by atoms with Crippen molar-refractivity contribution >= 4 is 5.96 Å². The zero-order chi connectivity index (χ0) is 11.1. The van der Waals surface area contributed by atoms with Crippen molar-refractivity contribution in [3.8, 4) is 0 Å². The smallest absolute Gasteiger partial charge is 0.191 e. The van der Waals surface area contributed by atoms with E-state index in [0.29, 0.717) is 6.54 Å². The lowest BCUT2D eigenvalue weighted by atomic mass is 10.2. The summed E-state index contributed by atoms with van der Waals surface area (Å²) >= 11 is 0. The van der Waals surface area contributed by atoms with E-state index in [0.717, 1.165) is 25.0 Å². The fraction of sp³-hybridized carbons (Fsp3) is 0.909. The second-order valence-corrected chi connectivity index (χ2v) is 4.33. The molecule has 1 aliphatic carbocycles. The molecule has 0 saturated heterocycles. The lowest BCUT2D eigenvalue weighted by Crippen LogP contribution is -2.38. The second kappa shape index (κ2) is 6.67. The molecule has 0 aromatic rings. The van der Waals surface area contributed by atoms with Crippen LogP contribution in [0.5, 0.6) is 0 Å². The van der Waals surface area contributed by atoms with E-state index >= 15 is 0 Å². The SMILES string of the molecule is CCNC(=NCC(C)CO)NCC1CC1. The van der Waals surface area contributed by atoms with Crippen molar-refractivity contribution < 1.29 is 5.11 Å². The van der Waals surface area contributed by atoms with Gasteiger partial charge in [-0.3, -0.25) is 4.99 Å². The topological polar surface area (TPSA) is 56.7 Å². The van der Waals surface area contributed by atoms with Gasteiger partial charge in [0.1, 0.15) is 0 Å². The summed E-state index contributed by atoms with van der Waals surface area (Å²) in [6.45, 7) is 6.84. The van der Waals surface area contributed by atoms with Crippen LogP contribution in [0.15, 0.2) is 4.99 Å². The first-order valence-corrected chi connectivity index (χ1v) is 5.89. The molecule has 1 unspecified atom stereocenters. The maximum absolute atomic E-state index is 8.90. The number of nitrogens with one attached hydrogen (secondary N) is 2. The number of rotatable bonds is 6. The van der Waals surface area contributed by atoms with Gasteiger partial charge < -0.3 is 15.7 Å². The van der Waals surface area contributed by atoms with Crippen molar-refractivity contribution in [1.82, 2.24) is 10.6 Å². The van der Waals surface area contributed by atoms with Crippen molar-refractivity contribution in [2.24, 2.45) is 16.8 Å². The van der Waals surface area contributed by atoms with Crippen LogP contribution < -0.4 is 10.6 Å². The fourth-order valence-electron chi connectivity index (χ4n) is 1.21. The van der Waals surface area contributed by atoms with Gasteiger partial charge in [-0.1, -0.05) is 6.92 Å². The number of aliphatic hydroxyl groups is 1. The maximum Gasteiger partial charge on any atom is 0.191 e. The van der Waals surface area contributed by atoms with Gasteiger partial charge in [-0.25, -0.2) is 0 Å². The van der Waals surface area contributed by atoms with Crippen molar-refractivity contribution in [2.75, 3.05) is 26.2 Å². The molecule has 1 rings (SSSR count). The zero-order valence-electron chi connectivity index (χ0n) is 9.79. The van der Waals surface area contributed by atoms with Gasteiger partial charge >= 0.3 is 0 Å². The fourth-order valence-corrected chi connectivity index (χ4v) is 1.21. The number of guanidine groups is 1. The Kier molecular flexibility index (Phi) is 5.47. The Bertz CT molecular complexity index is 202. The third-order valence-electron chi connectivity index (χ3n) is 2.47. The Balaban J connectivity index is 2.25. The van der Waals surface area contributed by atoms with E-state index in [1.54, 1.807) is 0 Å². The van der Waals surface area contributed by atoms with Crippen LogP contribution in [0.2, 0.25) is 0 Å². The molecule has 4 nitrogen and oxygen atoms in total. The molecule has 0 aromatic carbocycles. The van der Waals surface area contributed by atoms with Crippen molar-refractivity contribution in [2.45, 2.75) is 26.7 Å². The quantitative estimate of drug-likeness (QED) is 0.447. The Hall–Kier alpha value is -0.770. The number of aliphatic hydroxyl groups excluding tert-OH is 1. The van der Waals surface area contributed by atoms with Crippen LogP contribution in [-0.2, 0) is 0 Å². The summed E-state index contributed by atoms with van der Waals surface area (Å²) in [5.41, 5.74) is 0. The normalized spacial score (nSPS) is 18.7. The molecule has 4 heteroatoms. The molecule has 0 heterocycles. The molecule has 1 saturated carbocycles. The highest BCUT2D eigenvalue weighted by Crippen LogP contribution is 2.27. The number of hydrogen-bond donors (Lipinski definition) is 3. The van der Waals surface area contributed by atoms with Crippen molar-refractivity contribution in [3.63, 3.8) is 0 Å².